The van der Waals surface area contributed by atoms with Gasteiger partial charge in [-0.15, -0.1) is 23.1 Å². The van der Waals surface area contributed by atoms with E-state index in [1.54, 1.807) is 11.3 Å². The molecule has 0 amide bonds. The van der Waals surface area contributed by atoms with E-state index in [-0.39, 0.29) is 5.41 Å². The van der Waals surface area contributed by atoms with Crippen molar-refractivity contribution >= 4 is 40.6 Å². The number of ketones is 1. The van der Waals surface area contributed by atoms with Gasteiger partial charge in [0.15, 0.2) is 5.78 Å². The van der Waals surface area contributed by atoms with Gasteiger partial charge in [-0.2, -0.15) is 11.8 Å². The summed E-state index contributed by atoms with van der Waals surface area (Å²) >= 11 is 5.72. The van der Waals surface area contributed by atoms with Crippen molar-refractivity contribution in [2.24, 2.45) is 5.41 Å². The van der Waals surface area contributed by atoms with Gasteiger partial charge in [-0.05, 0) is 11.8 Å². The molecule has 2 nitrogen and oxygen atoms in total. The fourth-order valence-electron chi connectivity index (χ4n) is 2.79. The summed E-state index contributed by atoms with van der Waals surface area (Å²) in [5.74, 6) is 1.43. The van der Waals surface area contributed by atoms with Gasteiger partial charge >= 0.3 is 0 Å². The average Bonchev–Trinajstić information content (AvgIpc) is 2.75. The smallest absolute Gasteiger partial charge is 0.175 e. The van der Waals surface area contributed by atoms with Crippen LogP contribution >= 0.6 is 34.9 Å². The Morgan fingerprint density at radius 3 is 2.65 bits per heavy atom. The first-order valence-electron chi connectivity index (χ1n) is 7.15. The van der Waals surface area contributed by atoms with Crippen LogP contribution in [0.5, 0.6) is 0 Å². The molecule has 2 heterocycles. The van der Waals surface area contributed by atoms with E-state index in [4.69, 9.17) is 4.98 Å². The largest absolute Gasteiger partial charge is 0.293 e. The molecule has 0 spiro atoms. The van der Waals surface area contributed by atoms with Crippen LogP contribution in [0.1, 0.15) is 59.7 Å². The highest BCUT2D eigenvalue weighted by atomic mass is 32.2. The van der Waals surface area contributed by atoms with Gasteiger partial charge in [0, 0.05) is 22.7 Å². The summed E-state index contributed by atoms with van der Waals surface area (Å²) < 4.78 is 0. The second-order valence-corrected chi connectivity index (χ2v) is 10.7. The number of fused-ring (bicyclic) bond motifs is 1. The Labute approximate surface area is 133 Å². The minimum Gasteiger partial charge on any atom is -0.293 e. The molecule has 1 saturated heterocycles. The molecule has 3 unspecified atom stereocenters. The minimum absolute atomic E-state index is 0.0751. The van der Waals surface area contributed by atoms with E-state index in [9.17, 15) is 4.79 Å². The lowest BCUT2D eigenvalue weighted by atomic mass is 9.78. The van der Waals surface area contributed by atoms with Crippen molar-refractivity contribution in [1.29, 1.82) is 0 Å². The van der Waals surface area contributed by atoms with E-state index < -0.39 is 0 Å². The molecule has 1 aromatic heterocycles. The van der Waals surface area contributed by atoms with Gasteiger partial charge in [0.2, 0.25) is 0 Å². The van der Waals surface area contributed by atoms with E-state index >= 15 is 0 Å². The molecule has 2 aliphatic rings. The van der Waals surface area contributed by atoms with Gasteiger partial charge in [-0.1, -0.05) is 27.7 Å². The number of Topliss-reactive ketones (excluding diaryl/α,β-unsaturated/α-hetero) is 1. The van der Waals surface area contributed by atoms with Crippen molar-refractivity contribution < 1.29 is 4.79 Å². The lowest BCUT2D eigenvalue weighted by Gasteiger charge is -2.30. The number of nitrogens with zero attached hydrogens (tertiary/aromatic N) is 1. The van der Waals surface area contributed by atoms with Crippen LogP contribution in [0.2, 0.25) is 0 Å². The first-order valence-corrected chi connectivity index (χ1v) is 9.96. The van der Waals surface area contributed by atoms with Crippen molar-refractivity contribution in [3.05, 3.63) is 15.6 Å². The lowest BCUT2D eigenvalue weighted by Crippen LogP contribution is -2.26. The Kier molecular flexibility index (Phi) is 3.97. The summed E-state index contributed by atoms with van der Waals surface area (Å²) in [6.45, 7) is 8.94. The molecule has 3 atom stereocenters. The predicted octanol–water partition coefficient (Wildman–Crippen LogP) is 4.60. The van der Waals surface area contributed by atoms with E-state index in [1.165, 1.54) is 5.01 Å². The van der Waals surface area contributed by atoms with Crippen molar-refractivity contribution in [2.75, 3.05) is 5.75 Å². The zero-order chi connectivity index (χ0) is 14.5. The monoisotopic (exact) mass is 327 g/mol. The highest BCUT2D eigenvalue weighted by Gasteiger charge is 2.36. The lowest BCUT2D eigenvalue weighted by molar-refractivity contribution is 0.0916. The average molecular weight is 328 g/mol. The molecule has 1 aromatic rings. The summed E-state index contributed by atoms with van der Waals surface area (Å²) in [6.07, 6.45) is 1.61. The second kappa shape index (κ2) is 5.33. The van der Waals surface area contributed by atoms with Crippen molar-refractivity contribution in [3.63, 3.8) is 0 Å². The predicted molar refractivity (Wildman–Crippen MR) is 90.3 cm³/mol. The Balaban J connectivity index is 1.85. The fourth-order valence-corrected chi connectivity index (χ4v) is 7.00. The number of hydrogen-bond acceptors (Lipinski definition) is 5. The summed E-state index contributed by atoms with van der Waals surface area (Å²) in [7, 11) is 0. The van der Waals surface area contributed by atoms with E-state index in [0.717, 1.165) is 22.7 Å². The minimum atomic E-state index is 0.0751. The standard InChI is InChI=1S/C15H21NOS3/c1-8-9(2)19-12(7-18-8)14-16-10-5-15(3,4)6-11(17)13(10)20-14/h8-9,12H,5-7H2,1-4H3. The molecule has 1 fully saturated rings. The molecule has 0 radical (unpaired) electrons. The highest BCUT2D eigenvalue weighted by Crippen LogP contribution is 2.47. The van der Waals surface area contributed by atoms with Gasteiger partial charge in [0.1, 0.15) is 5.01 Å². The number of aromatic nitrogens is 1. The third-order valence-corrected chi connectivity index (χ3v) is 8.88. The number of thiazole rings is 1. The molecule has 1 aliphatic carbocycles. The number of carbonyl (C=O) groups is 1. The first-order chi connectivity index (χ1) is 9.35. The molecule has 5 heteroatoms. The Morgan fingerprint density at radius 1 is 1.20 bits per heavy atom. The summed E-state index contributed by atoms with van der Waals surface area (Å²) in [5, 5.41) is 3.02. The SMILES string of the molecule is CC1SCC(c2nc3c(s2)C(=O)CC(C)(C)C3)SC1C. The van der Waals surface area contributed by atoms with Gasteiger partial charge in [-0.25, -0.2) is 4.98 Å². The van der Waals surface area contributed by atoms with Gasteiger partial charge < -0.3 is 0 Å². The van der Waals surface area contributed by atoms with Crippen LogP contribution in [0, 0.1) is 5.41 Å². The van der Waals surface area contributed by atoms with Crippen LogP contribution in [-0.2, 0) is 6.42 Å². The van der Waals surface area contributed by atoms with E-state index in [2.05, 4.69) is 27.7 Å². The normalized spacial score (nSPS) is 33.0. The molecule has 0 bridgehead atoms. The summed E-state index contributed by atoms with van der Waals surface area (Å²) in [4.78, 5) is 18.1. The van der Waals surface area contributed by atoms with Crippen LogP contribution in [0.3, 0.4) is 0 Å². The molecule has 0 N–H and O–H groups in total. The number of rotatable bonds is 1. The second-order valence-electron chi connectivity index (χ2n) is 6.64. The molecule has 110 valence electrons. The third kappa shape index (κ3) is 2.81. The summed E-state index contributed by atoms with van der Waals surface area (Å²) in [5.41, 5.74) is 1.13. The number of carbonyl (C=O) groups excluding carboxylic acids is 1. The van der Waals surface area contributed by atoms with Gasteiger partial charge in [0.25, 0.3) is 0 Å². The molecule has 0 aromatic carbocycles. The number of hydrogen-bond donors (Lipinski definition) is 0. The Morgan fingerprint density at radius 2 is 1.95 bits per heavy atom. The highest BCUT2D eigenvalue weighted by molar-refractivity contribution is 8.07. The van der Waals surface area contributed by atoms with Gasteiger partial charge in [0.05, 0.1) is 15.8 Å². The van der Waals surface area contributed by atoms with Gasteiger partial charge in [-0.3, -0.25) is 4.79 Å². The van der Waals surface area contributed by atoms with Crippen LogP contribution in [0.25, 0.3) is 0 Å². The summed E-state index contributed by atoms with van der Waals surface area (Å²) in [6, 6.07) is 0. The van der Waals surface area contributed by atoms with Crippen LogP contribution in [0.4, 0.5) is 0 Å². The first kappa shape index (κ1) is 14.9. The van der Waals surface area contributed by atoms with E-state index in [0.29, 0.717) is 28.0 Å². The maximum Gasteiger partial charge on any atom is 0.175 e. The van der Waals surface area contributed by atoms with Crippen LogP contribution in [-0.4, -0.2) is 27.0 Å². The Hall–Kier alpha value is -0.000000000000000111. The van der Waals surface area contributed by atoms with Crippen molar-refractivity contribution in [3.8, 4) is 0 Å². The molecule has 3 rings (SSSR count). The molecular weight excluding hydrogens is 306 g/mol. The maximum absolute atomic E-state index is 12.3. The van der Waals surface area contributed by atoms with Crippen LogP contribution < -0.4 is 0 Å². The maximum atomic E-state index is 12.3. The Bertz CT molecular complexity index is 537. The van der Waals surface area contributed by atoms with Crippen molar-refractivity contribution in [2.45, 2.75) is 56.3 Å². The molecule has 0 saturated carbocycles. The third-order valence-electron chi connectivity index (χ3n) is 4.08. The van der Waals surface area contributed by atoms with E-state index in [1.807, 2.05) is 23.5 Å². The number of thioether (sulfide) groups is 2. The molecule has 1 aliphatic heterocycles. The fraction of sp³-hybridized carbons (Fsp3) is 0.733. The quantitative estimate of drug-likeness (QED) is 0.754. The molecular formula is C15H21NOS3. The van der Waals surface area contributed by atoms with Crippen molar-refractivity contribution in [1.82, 2.24) is 4.98 Å². The zero-order valence-corrected chi connectivity index (χ0v) is 14.9. The topological polar surface area (TPSA) is 30.0 Å². The zero-order valence-electron chi connectivity index (χ0n) is 12.4. The molecule has 20 heavy (non-hydrogen) atoms. The van der Waals surface area contributed by atoms with Crippen LogP contribution in [0.15, 0.2) is 0 Å².